The van der Waals surface area contributed by atoms with E-state index in [0.29, 0.717) is 11.3 Å². The van der Waals surface area contributed by atoms with Crippen molar-refractivity contribution >= 4 is 17.7 Å². The van der Waals surface area contributed by atoms with Crippen LogP contribution < -0.4 is 5.73 Å². The number of amides is 1. The summed E-state index contributed by atoms with van der Waals surface area (Å²) < 4.78 is 0. The maximum atomic E-state index is 12.3. The van der Waals surface area contributed by atoms with Crippen LogP contribution in [-0.4, -0.2) is 48.9 Å². The summed E-state index contributed by atoms with van der Waals surface area (Å²) >= 11 is 0. The average Bonchev–Trinajstić information content (AvgIpc) is 2.38. The van der Waals surface area contributed by atoms with E-state index in [1.54, 1.807) is 12.1 Å². The average molecular weight is 245 g/mol. The van der Waals surface area contributed by atoms with Crippen molar-refractivity contribution < 1.29 is 4.79 Å². The number of anilines is 1. The number of hydrogen-bond donors (Lipinski definition) is 1. The Morgan fingerprint density at radius 2 is 2.00 bits per heavy atom. The molecule has 1 aliphatic heterocycles. The number of rotatable bonds is 2. The Morgan fingerprint density at radius 3 is 2.56 bits per heavy atom. The molecule has 4 heteroatoms. The smallest absolute Gasteiger partial charge is 0.254 e. The molecule has 1 heterocycles. The Labute approximate surface area is 108 Å². The molecule has 0 bridgehead atoms. The SMILES string of the molecule is C=Cc1ccc(C(=O)N2CCN(C)CC2)cc1N. The molecule has 0 spiro atoms. The third-order valence-electron chi connectivity index (χ3n) is 3.34. The van der Waals surface area contributed by atoms with Crippen LogP contribution in [0.25, 0.3) is 6.08 Å². The van der Waals surface area contributed by atoms with Crippen LogP contribution in [0, 0.1) is 0 Å². The van der Waals surface area contributed by atoms with Crippen molar-refractivity contribution in [2.45, 2.75) is 0 Å². The number of carbonyl (C=O) groups excluding carboxylic acids is 1. The van der Waals surface area contributed by atoms with E-state index in [9.17, 15) is 4.79 Å². The number of benzene rings is 1. The molecule has 1 aliphatic rings. The summed E-state index contributed by atoms with van der Waals surface area (Å²) in [6, 6.07) is 5.39. The molecule has 0 atom stereocenters. The van der Waals surface area contributed by atoms with Crippen LogP contribution in [-0.2, 0) is 0 Å². The third-order valence-corrected chi connectivity index (χ3v) is 3.34. The number of hydrogen-bond acceptors (Lipinski definition) is 3. The largest absolute Gasteiger partial charge is 0.398 e. The summed E-state index contributed by atoms with van der Waals surface area (Å²) in [5, 5.41) is 0. The second-order valence-electron chi connectivity index (χ2n) is 4.64. The highest BCUT2D eigenvalue weighted by Crippen LogP contribution is 2.17. The number of nitrogens with zero attached hydrogens (tertiary/aromatic N) is 2. The summed E-state index contributed by atoms with van der Waals surface area (Å²) in [6.07, 6.45) is 1.69. The van der Waals surface area contributed by atoms with Crippen molar-refractivity contribution in [1.29, 1.82) is 0 Å². The highest BCUT2D eigenvalue weighted by atomic mass is 16.2. The zero-order chi connectivity index (χ0) is 13.1. The first-order valence-corrected chi connectivity index (χ1v) is 6.11. The number of likely N-dealkylation sites (N-methyl/N-ethyl adjacent to an activating group) is 1. The van der Waals surface area contributed by atoms with Gasteiger partial charge in [-0.3, -0.25) is 4.79 Å². The maximum absolute atomic E-state index is 12.3. The van der Waals surface area contributed by atoms with E-state index < -0.39 is 0 Å². The molecule has 1 aromatic carbocycles. The van der Waals surface area contributed by atoms with Crippen molar-refractivity contribution in [2.24, 2.45) is 0 Å². The molecule has 1 amide bonds. The highest BCUT2D eigenvalue weighted by molar-refractivity contribution is 5.95. The summed E-state index contributed by atoms with van der Waals surface area (Å²) in [4.78, 5) is 16.4. The Balaban J connectivity index is 2.13. The summed E-state index contributed by atoms with van der Waals surface area (Å²) in [5.74, 6) is 0.0606. The van der Waals surface area contributed by atoms with Gasteiger partial charge in [-0.25, -0.2) is 0 Å². The van der Waals surface area contributed by atoms with E-state index in [0.717, 1.165) is 31.7 Å². The molecule has 4 nitrogen and oxygen atoms in total. The number of nitrogens with two attached hydrogens (primary N) is 1. The molecule has 1 fully saturated rings. The van der Waals surface area contributed by atoms with Crippen molar-refractivity contribution in [1.82, 2.24) is 9.80 Å². The zero-order valence-corrected chi connectivity index (χ0v) is 10.7. The first-order chi connectivity index (χ1) is 8.61. The number of carbonyl (C=O) groups is 1. The van der Waals surface area contributed by atoms with Gasteiger partial charge in [-0.15, -0.1) is 0 Å². The fourth-order valence-electron chi connectivity index (χ4n) is 2.09. The van der Waals surface area contributed by atoms with Gasteiger partial charge in [-0.1, -0.05) is 18.7 Å². The molecule has 0 aliphatic carbocycles. The summed E-state index contributed by atoms with van der Waals surface area (Å²) in [6.45, 7) is 7.08. The van der Waals surface area contributed by atoms with Crippen LogP contribution in [0.15, 0.2) is 24.8 Å². The van der Waals surface area contributed by atoms with Gasteiger partial charge in [0.05, 0.1) is 0 Å². The minimum Gasteiger partial charge on any atom is -0.398 e. The predicted molar refractivity (Wildman–Crippen MR) is 74.3 cm³/mol. The first-order valence-electron chi connectivity index (χ1n) is 6.11. The van der Waals surface area contributed by atoms with Gasteiger partial charge in [0, 0.05) is 37.4 Å². The van der Waals surface area contributed by atoms with Gasteiger partial charge in [0.25, 0.3) is 5.91 Å². The van der Waals surface area contributed by atoms with Crippen LogP contribution in [0.4, 0.5) is 5.69 Å². The molecule has 1 saturated heterocycles. The van der Waals surface area contributed by atoms with Gasteiger partial charge in [-0.05, 0) is 24.7 Å². The molecule has 18 heavy (non-hydrogen) atoms. The highest BCUT2D eigenvalue weighted by Gasteiger charge is 2.20. The molecule has 96 valence electrons. The molecule has 2 rings (SSSR count). The van der Waals surface area contributed by atoms with E-state index >= 15 is 0 Å². The van der Waals surface area contributed by atoms with Crippen molar-refractivity contribution in [2.75, 3.05) is 39.0 Å². The van der Waals surface area contributed by atoms with E-state index in [4.69, 9.17) is 5.73 Å². The van der Waals surface area contributed by atoms with Gasteiger partial charge in [-0.2, -0.15) is 0 Å². The standard InChI is InChI=1S/C14H19N3O/c1-3-11-4-5-12(10-13(11)15)14(18)17-8-6-16(2)7-9-17/h3-5,10H,1,6-9,15H2,2H3. The minimum atomic E-state index is 0.0606. The van der Waals surface area contributed by atoms with Crippen LogP contribution >= 0.6 is 0 Å². The quantitative estimate of drug-likeness (QED) is 0.799. The third kappa shape index (κ3) is 2.54. The number of nitrogen functional groups attached to an aromatic ring is 1. The van der Waals surface area contributed by atoms with Crippen molar-refractivity contribution in [3.05, 3.63) is 35.9 Å². The Bertz CT molecular complexity index is 462. The molecule has 0 saturated carbocycles. The molecule has 0 radical (unpaired) electrons. The summed E-state index contributed by atoms with van der Waals surface area (Å²) in [5.41, 5.74) is 7.99. The summed E-state index contributed by atoms with van der Waals surface area (Å²) in [7, 11) is 2.07. The van der Waals surface area contributed by atoms with Crippen molar-refractivity contribution in [3.8, 4) is 0 Å². The molecular weight excluding hydrogens is 226 g/mol. The monoisotopic (exact) mass is 245 g/mol. The lowest BCUT2D eigenvalue weighted by Gasteiger charge is -2.32. The van der Waals surface area contributed by atoms with Gasteiger partial charge in [0.2, 0.25) is 0 Å². The second-order valence-corrected chi connectivity index (χ2v) is 4.64. The predicted octanol–water partition coefficient (Wildman–Crippen LogP) is 1.30. The number of piperazine rings is 1. The second kappa shape index (κ2) is 5.23. The van der Waals surface area contributed by atoms with E-state index in [1.807, 2.05) is 17.0 Å². The van der Waals surface area contributed by atoms with Crippen LogP contribution in [0.2, 0.25) is 0 Å². The van der Waals surface area contributed by atoms with E-state index in [1.165, 1.54) is 0 Å². The fraction of sp³-hybridized carbons (Fsp3) is 0.357. The molecule has 1 aromatic rings. The normalized spacial score (nSPS) is 16.6. The van der Waals surface area contributed by atoms with Crippen LogP contribution in [0.1, 0.15) is 15.9 Å². The van der Waals surface area contributed by atoms with Crippen LogP contribution in [0.3, 0.4) is 0 Å². The Kier molecular flexibility index (Phi) is 3.67. The van der Waals surface area contributed by atoms with Crippen molar-refractivity contribution in [3.63, 3.8) is 0 Å². The van der Waals surface area contributed by atoms with E-state index in [2.05, 4.69) is 18.5 Å². The lowest BCUT2D eigenvalue weighted by Crippen LogP contribution is -2.47. The minimum absolute atomic E-state index is 0.0606. The Hall–Kier alpha value is -1.81. The lowest BCUT2D eigenvalue weighted by molar-refractivity contribution is 0.0664. The molecular formula is C14H19N3O. The van der Waals surface area contributed by atoms with Gasteiger partial charge in [0.15, 0.2) is 0 Å². The van der Waals surface area contributed by atoms with E-state index in [-0.39, 0.29) is 5.91 Å². The molecule has 2 N–H and O–H groups in total. The lowest BCUT2D eigenvalue weighted by atomic mass is 10.1. The Morgan fingerprint density at radius 1 is 1.33 bits per heavy atom. The zero-order valence-electron chi connectivity index (χ0n) is 10.7. The van der Waals surface area contributed by atoms with Gasteiger partial charge < -0.3 is 15.5 Å². The van der Waals surface area contributed by atoms with Gasteiger partial charge in [0.1, 0.15) is 0 Å². The van der Waals surface area contributed by atoms with Crippen LogP contribution in [0.5, 0.6) is 0 Å². The molecule has 0 aromatic heterocycles. The van der Waals surface area contributed by atoms with Gasteiger partial charge >= 0.3 is 0 Å². The molecule has 0 unspecified atom stereocenters. The topological polar surface area (TPSA) is 49.6 Å². The first kappa shape index (κ1) is 12.6. The maximum Gasteiger partial charge on any atom is 0.254 e. The fourth-order valence-corrected chi connectivity index (χ4v) is 2.09.